The molecular formula is C18H20N6O2. The van der Waals surface area contributed by atoms with Gasteiger partial charge in [0.2, 0.25) is 0 Å². The van der Waals surface area contributed by atoms with Crippen LogP contribution >= 0.6 is 0 Å². The first kappa shape index (κ1) is 16.3. The molecule has 8 heteroatoms. The zero-order chi connectivity index (χ0) is 18.3. The Morgan fingerprint density at radius 1 is 1.27 bits per heavy atom. The lowest BCUT2D eigenvalue weighted by Gasteiger charge is -2.11. The lowest BCUT2D eigenvalue weighted by Crippen LogP contribution is -2.41. The fourth-order valence-corrected chi connectivity index (χ4v) is 2.91. The number of rotatable bonds is 4. The summed E-state index contributed by atoms with van der Waals surface area (Å²) < 4.78 is 1.81. The van der Waals surface area contributed by atoms with Gasteiger partial charge in [-0.15, -0.1) is 0 Å². The molecule has 0 bridgehead atoms. The first-order valence-electron chi connectivity index (χ1n) is 8.67. The van der Waals surface area contributed by atoms with Crippen LogP contribution in [0.3, 0.4) is 0 Å². The minimum Gasteiger partial charge on any atom is -0.357 e. The molecule has 1 aliphatic rings. The van der Waals surface area contributed by atoms with E-state index in [1.807, 2.05) is 24.6 Å². The monoisotopic (exact) mass is 352 g/mol. The number of hydrogen-bond donors (Lipinski definition) is 3. The molecule has 1 aliphatic carbocycles. The zero-order valence-corrected chi connectivity index (χ0v) is 14.6. The number of amides is 2. The van der Waals surface area contributed by atoms with E-state index in [1.54, 1.807) is 24.5 Å². The van der Waals surface area contributed by atoms with Crippen LogP contribution < -0.4 is 10.9 Å². The SMILES string of the molecule is CC(C)n1ncc2c(C(=O)NNC(=O)c3ccc[nH]3)cc(C3CC3)nc21. The Hall–Kier alpha value is -3.16. The van der Waals surface area contributed by atoms with Crippen molar-refractivity contribution in [3.8, 4) is 0 Å². The van der Waals surface area contributed by atoms with Gasteiger partial charge in [0.15, 0.2) is 5.65 Å². The van der Waals surface area contributed by atoms with Crippen LogP contribution in [0.1, 0.15) is 65.2 Å². The Kier molecular flexibility index (Phi) is 3.95. The standard InChI is InChI=1S/C18H20N6O2/c1-10(2)24-16-13(9-20-24)12(8-15(21-16)11-5-6-11)17(25)22-23-18(26)14-4-3-7-19-14/h3-4,7-11,19H,5-6H2,1-2H3,(H,22,25)(H,23,26). The summed E-state index contributed by atoms with van der Waals surface area (Å²) in [7, 11) is 0. The summed E-state index contributed by atoms with van der Waals surface area (Å²) in [6, 6.07) is 5.29. The molecule has 0 aliphatic heterocycles. The van der Waals surface area contributed by atoms with Crippen molar-refractivity contribution in [3.05, 3.63) is 47.5 Å². The molecular weight excluding hydrogens is 332 g/mol. The van der Waals surface area contributed by atoms with Gasteiger partial charge < -0.3 is 4.98 Å². The second-order valence-corrected chi connectivity index (χ2v) is 6.78. The van der Waals surface area contributed by atoms with E-state index in [4.69, 9.17) is 4.98 Å². The van der Waals surface area contributed by atoms with E-state index in [1.165, 1.54) is 0 Å². The Labute approximate surface area is 150 Å². The predicted molar refractivity (Wildman–Crippen MR) is 95.6 cm³/mol. The van der Waals surface area contributed by atoms with E-state index in [0.29, 0.717) is 28.2 Å². The van der Waals surface area contributed by atoms with Crippen molar-refractivity contribution in [1.82, 2.24) is 30.6 Å². The molecule has 0 radical (unpaired) electrons. The molecule has 2 amide bonds. The van der Waals surface area contributed by atoms with Crippen LogP contribution in [0.2, 0.25) is 0 Å². The molecule has 0 aromatic carbocycles. The summed E-state index contributed by atoms with van der Waals surface area (Å²) in [4.78, 5) is 32.2. The molecule has 0 unspecified atom stereocenters. The highest BCUT2D eigenvalue weighted by atomic mass is 16.2. The average molecular weight is 352 g/mol. The van der Waals surface area contributed by atoms with Crippen LogP contribution in [0.25, 0.3) is 11.0 Å². The molecule has 0 atom stereocenters. The van der Waals surface area contributed by atoms with Gasteiger partial charge >= 0.3 is 0 Å². The lowest BCUT2D eigenvalue weighted by molar-refractivity contribution is 0.0845. The number of nitrogens with one attached hydrogen (secondary N) is 3. The average Bonchev–Trinajstić information content (AvgIpc) is 3.16. The Morgan fingerprint density at radius 3 is 2.69 bits per heavy atom. The summed E-state index contributed by atoms with van der Waals surface area (Å²) in [5.74, 6) is -0.397. The summed E-state index contributed by atoms with van der Waals surface area (Å²) in [5.41, 5.74) is 7.35. The van der Waals surface area contributed by atoms with Crippen molar-refractivity contribution in [3.63, 3.8) is 0 Å². The maximum Gasteiger partial charge on any atom is 0.286 e. The van der Waals surface area contributed by atoms with E-state index in [-0.39, 0.29) is 11.9 Å². The molecule has 0 saturated heterocycles. The Balaban J connectivity index is 1.64. The van der Waals surface area contributed by atoms with Crippen LogP contribution in [0, 0.1) is 0 Å². The zero-order valence-electron chi connectivity index (χ0n) is 14.6. The van der Waals surface area contributed by atoms with E-state index >= 15 is 0 Å². The van der Waals surface area contributed by atoms with Crippen LogP contribution in [-0.2, 0) is 0 Å². The van der Waals surface area contributed by atoms with Gasteiger partial charge in [-0.05, 0) is 44.9 Å². The number of nitrogens with zero attached hydrogens (tertiary/aromatic N) is 3. The van der Waals surface area contributed by atoms with E-state index in [0.717, 1.165) is 18.5 Å². The van der Waals surface area contributed by atoms with E-state index < -0.39 is 5.91 Å². The van der Waals surface area contributed by atoms with Crippen molar-refractivity contribution in [1.29, 1.82) is 0 Å². The van der Waals surface area contributed by atoms with Crippen LogP contribution in [-0.4, -0.2) is 31.6 Å². The van der Waals surface area contributed by atoms with Gasteiger partial charge in [0.05, 0.1) is 17.1 Å². The van der Waals surface area contributed by atoms with Gasteiger partial charge in [-0.3, -0.25) is 20.4 Å². The van der Waals surface area contributed by atoms with Gasteiger partial charge in [0.25, 0.3) is 11.8 Å². The third-order valence-electron chi connectivity index (χ3n) is 4.45. The van der Waals surface area contributed by atoms with Crippen molar-refractivity contribution < 1.29 is 9.59 Å². The van der Waals surface area contributed by atoms with Crippen LogP contribution in [0.15, 0.2) is 30.6 Å². The maximum absolute atomic E-state index is 12.7. The summed E-state index contributed by atoms with van der Waals surface area (Å²) in [5, 5.41) is 5.05. The van der Waals surface area contributed by atoms with Gasteiger partial charge in [0.1, 0.15) is 5.69 Å². The van der Waals surface area contributed by atoms with Gasteiger partial charge in [-0.2, -0.15) is 5.10 Å². The number of aromatic amines is 1. The lowest BCUT2D eigenvalue weighted by atomic mass is 10.1. The normalized spacial score (nSPS) is 14.0. The third kappa shape index (κ3) is 2.94. The molecule has 1 saturated carbocycles. The van der Waals surface area contributed by atoms with Crippen molar-refractivity contribution >= 4 is 22.8 Å². The highest BCUT2D eigenvalue weighted by molar-refractivity contribution is 6.06. The van der Waals surface area contributed by atoms with Crippen molar-refractivity contribution in [2.75, 3.05) is 0 Å². The number of carbonyl (C=O) groups is 2. The summed E-state index contributed by atoms with van der Waals surface area (Å²) in [6.45, 7) is 4.04. The number of aromatic nitrogens is 4. The molecule has 8 nitrogen and oxygen atoms in total. The molecule has 26 heavy (non-hydrogen) atoms. The molecule has 3 aromatic heterocycles. The molecule has 3 N–H and O–H groups in total. The number of carbonyl (C=O) groups excluding carboxylic acids is 2. The highest BCUT2D eigenvalue weighted by Crippen LogP contribution is 2.40. The second kappa shape index (κ2) is 6.29. The number of hydrogen-bond acceptors (Lipinski definition) is 4. The van der Waals surface area contributed by atoms with Gasteiger partial charge in [0, 0.05) is 23.9 Å². The third-order valence-corrected chi connectivity index (χ3v) is 4.45. The number of pyridine rings is 1. The number of hydrazine groups is 1. The molecule has 3 heterocycles. The first-order chi connectivity index (χ1) is 12.5. The first-order valence-corrected chi connectivity index (χ1v) is 8.67. The minimum absolute atomic E-state index is 0.137. The number of fused-ring (bicyclic) bond motifs is 1. The molecule has 0 spiro atoms. The maximum atomic E-state index is 12.7. The molecule has 134 valence electrons. The predicted octanol–water partition coefficient (Wildman–Crippen LogP) is 2.29. The fourth-order valence-electron chi connectivity index (χ4n) is 2.91. The van der Waals surface area contributed by atoms with E-state index in [2.05, 4.69) is 20.9 Å². The summed E-state index contributed by atoms with van der Waals surface area (Å²) >= 11 is 0. The summed E-state index contributed by atoms with van der Waals surface area (Å²) in [6.07, 6.45) is 5.46. The van der Waals surface area contributed by atoms with Crippen LogP contribution in [0.5, 0.6) is 0 Å². The van der Waals surface area contributed by atoms with E-state index in [9.17, 15) is 9.59 Å². The fraction of sp³-hybridized carbons (Fsp3) is 0.333. The molecule has 4 rings (SSSR count). The highest BCUT2D eigenvalue weighted by Gasteiger charge is 2.28. The largest absolute Gasteiger partial charge is 0.357 e. The minimum atomic E-state index is -0.408. The Bertz CT molecular complexity index is 969. The second-order valence-electron chi connectivity index (χ2n) is 6.78. The smallest absolute Gasteiger partial charge is 0.286 e. The van der Waals surface area contributed by atoms with Crippen molar-refractivity contribution in [2.24, 2.45) is 0 Å². The van der Waals surface area contributed by atoms with Crippen LogP contribution in [0.4, 0.5) is 0 Å². The molecule has 3 aromatic rings. The number of H-pyrrole nitrogens is 1. The van der Waals surface area contributed by atoms with Gasteiger partial charge in [-0.25, -0.2) is 9.67 Å². The Morgan fingerprint density at radius 2 is 2.04 bits per heavy atom. The van der Waals surface area contributed by atoms with Crippen molar-refractivity contribution in [2.45, 2.75) is 38.6 Å². The topological polar surface area (TPSA) is 105 Å². The van der Waals surface area contributed by atoms with Gasteiger partial charge in [-0.1, -0.05) is 0 Å². The molecule has 1 fully saturated rings. The quantitative estimate of drug-likeness (QED) is 0.627.